The molecule has 1 saturated heterocycles. The number of halogens is 1. The van der Waals surface area contributed by atoms with Crippen molar-refractivity contribution in [2.24, 2.45) is 0 Å². The fraction of sp³-hybridized carbons (Fsp3) is 0.435. The van der Waals surface area contributed by atoms with Gasteiger partial charge in [0.1, 0.15) is 5.82 Å². The molecule has 4 nitrogen and oxygen atoms in total. The third-order valence-electron chi connectivity index (χ3n) is 6.39. The van der Waals surface area contributed by atoms with Crippen LogP contribution in [0.15, 0.2) is 36.4 Å². The summed E-state index contributed by atoms with van der Waals surface area (Å²) in [6.07, 6.45) is 2.44. The average molecular weight is 395 g/mol. The first-order valence-electron chi connectivity index (χ1n) is 10.1. The molecule has 0 spiro atoms. The second kappa shape index (κ2) is 6.96. The molecule has 4 rings (SSSR count). The number of anilines is 1. The number of rotatable bonds is 4. The fourth-order valence-corrected chi connectivity index (χ4v) is 3.56. The monoisotopic (exact) mass is 395 g/mol. The van der Waals surface area contributed by atoms with Crippen molar-refractivity contribution in [3.63, 3.8) is 0 Å². The molecule has 2 aliphatic rings. The van der Waals surface area contributed by atoms with Crippen LogP contribution in [0.2, 0.25) is 0 Å². The van der Waals surface area contributed by atoms with Gasteiger partial charge in [0.2, 0.25) is 0 Å². The van der Waals surface area contributed by atoms with Gasteiger partial charge >= 0.3 is 7.12 Å². The first kappa shape index (κ1) is 20.1. The summed E-state index contributed by atoms with van der Waals surface area (Å²) in [6, 6.07) is 10.4. The summed E-state index contributed by atoms with van der Waals surface area (Å²) in [6.45, 7) is 9.65. The Kier molecular flexibility index (Phi) is 4.83. The van der Waals surface area contributed by atoms with Crippen molar-refractivity contribution in [3.05, 3.63) is 58.9 Å². The molecule has 0 atom stereocenters. The van der Waals surface area contributed by atoms with Crippen LogP contribution < -0.4 is 10.8 Å². The standard InChI is InChI=1S/C23H27BFNO3/c1-14-19(24-28-22(2,3)23(4,5)29-24)12-18(25)13-20(14)26-21(27)17-10-8-16(9-11-17)15-6-7-15/h8-13,15H,6-7H2,1-5H3,(H,26,27). The summed E-state index contributed by atoms with van der Waals surface area (Å²) in [7, 11) is -0.691. The first-order valence-corrected chi connectivity index (χ1v) is 10.1. The van der Waals surface area contributed by atoms with E-state index in [0.29, 0.717) is 22.6 Å². The van der Waals surface area contributed by atoms with Crippen LogP contribution in [0.3, 0.4) is 0 Å². The molecule has 1 aliphatic heterocycles. The number of hydrogen-bond acceptors (Lipinski definition) is 3. The van der Waals surface area contributed by atoms with E-state index in [9.17, 15) is 9.18 Å². The van der Waals surface area contributed by atoms with Crippen LogP contribution in [-0.2, 0) is 9.31 Å². The van der Waals surface area contributed by atoms with Crippen molar-refractivity contribution in [2.45, 2.75) is 64.6 Å². The molecule has 0 radical (unpaired) electrons. The van der Waals surface area contributed by atoms with Gasteiger partial charge in [-0.1, -0.05) is 12.1 Å². The maximum Gasteiger partial charge on any atom is 0.495 e. The fourth-order valence-electron chi connectivity index (χ4n) is 3.56. The summed E-state index contributed by atoms with van der Waals surface area (Å²) in [5.41, 5.74) is 2.51. The van der Waals surface area contributed by atoms with E-state index in [1.807, 2.05) is 58.9 Å². The van der Waals surface area contributed by atoms with Crippen molar-refractivity contribution in [1.82, 2.24) is 0 Å². The van der Waals surface area contributed by atoms with E-state index in [2.05, 4.69) is 5.32 Å². The van der Waals surface area contributed by atoms with Gasteiger partial charge in [-0.15, -0.1) is 0 Å². The number of hydrogen-bond donors (Lipinski definition) is 1. The topological polar surface area (TPSA) is 47.6 Å². The largest absolute Gasteiger partial charge is 0.495 e. The van der Waals surface area contributed by atoms with Crippen molar-refractivity contribution < 1.29 is 18.5 Å². The Morgan fingerprint density at radius 1 is 1.07 bits per heavy atom. The maximum atomic E-state index is 14.4. The molecule has 0 unspecified atom stereocenters. The van der Waals surface area contributed by atoms with E-state index in [4.69, 9.17) is 9.31 Å². The van der Waals surface area contributed by atoms with E-state index >= 15 is 0 Å². The predicted octanol–water partition coefficient (Wildman–Crippen LogP) is 4.56. The molecule has 2 fully saturated rings. The molecule has 1 aliphatic carbocycles. The normalized spacial score (nSPS) is 20.0. The Bertz CT molecular complexity index is 935. The summed E-state index contributed by atoms with van der Waals surface area (Å²) in [5, 5.41) is 2.85. The molecule has 1 saturated carbocycles. The van der Waals surface area contributed by atoms with Crippen molar-refractivity contribution in [1.29, 1.82) is 0 Å². The summed E-state index contributed by atoms with van der Waals surface area (Å²) >= 11 is 0. The summed E-state index contributed by atoms with van der Waals surface area (Å²) in [5.74, 6) is -0.0688. The first-order chi connectivity index (χ1) is 13.6. The van der Waals surface area contributed by atoms with Crippen molar-refractivity contribution in [2.75, 3.05) is 5.32 Å². The molecular formula is C23H27BFNO3. The van der Waals surface area contributed by atoms with Gasteiger partial charge in [0, 0.05) is 11.3 Å². The lowest BCUT2D eigenvalue weighted by Crippen LogP contribution is -2.41. The molecular weight excluding hydrogens is 368 g/mol. The molecule has 1 amide bonds. The third-order valence-corrected chi connectivity index (χ3v) is 6.39. The SMILES string of the molecule is Cc1c(NC(=O)c2ccc(C3CC3)cc2)cc(F)cc1B1OC(C)(C)C(C)(C)O1. The smallest absolute Gasteiger partial charge is 0.399 e. The molecule has 1 N–H and O–H groups in total. The van der Waals surface area contributed by atoms with Crippen LogP contribution >= 0.6 is 0 Å². The van der Waals surface area contributed by atoms with Gasteiger partial charge in [-0.3, -0.25) is 4.79 Å². The Balaban J connectivity index is 1.57. The zero-order valence-corrected chi connectivity index (χ0v) is 17.6. The predicted molar refractivity (Wildman–Crippen MR) is 113 cm³/mol. The van der Waals surface area contributed by atoms with E-state index in [-0.39, 0.29) is 5.91 Å². The highest BCUT2D eigenvalue weighted by molar-refractivity contribution is 6.62. The van der Waals surface area contributed by atoms with Crippen LogP contribution in [0, 0.1) is 12.7 Å². The molecule has 0 aromatic heterocycles. The minimum Gasteiger partial charge on any atom is -0.399 e. The number of carbonyl (C=O) groups is 1. The molecule has 1 heterocycles. The van der Waals surface area contributed by atoms with Gasteiger partial charge in [0.15, 0.2) is 0 Å². The lowest BCUT2D eigenvalue weighted by molar-refractivity contribution is 0.00578. The van der Waals surface area contributed by atoms with Crippen LogP contribution in [0.1, 0.15) is 67.9 Å². The Morgan fingerprint density at radius 3 is 2.21 bits per heavy atom. The van der Waals surface area contributed by atoms with E-state index in [1.54, 1.807) is 0 Å². The van der Waals surface area contributed by atoms with Crippen molar-refractivity contribution in [3.8, 4) is 0 Å². The average Bonchev–Trinajstić information content (AvgIpc) is 3.45. The van der Waals surface area contributed by atoms with Gasteiger partial charge in [-0.05, 0) is 94.2 Å². The van der Waals surface area contributed by atoms with Gasteiger partial charge < -0.3 is 14.6 Å². The Morgan fingerprint density at radius 2 is 1.66 bits per heavy atom. The second-order valence-electron chi connectivity index (χ2n) is 9.11. The number of nitrogens with one attached hydrogen (secondary N) is 1. The van der Waals surface area contributed by atoms with Crippen LogP contribution in [0.4, 0.5) is 10.1 Å². The molecule has 2 aromatic rings. The zero-order chi connectivity index (χ0) is 21.0. The third kappa shape index (κ3) is 3.84. The van der Waals surface area contributed by atoms with E-state index < -0.39 is 24.1 Å². The van der Waals surface area contributed by atoms with Gasteiger partial charge in [-0.2, -0.15) is 0 Å². The Labute approximate surface area is 171 Å². The summed E-state index contributed by atoms with van der Waals surface area (Å²) < 4.78 is 26.5. The zero-order valence-electron chi connectivity index (χ0n) is 17.6. The van der Waals surface area contributed by atoms with Gasteiger partial charge in [-0.25, -0.2) is 4.39 Å². The van der Waals surface area contributed by atoms with Gasteiger partial charge in [0.05, 0.1) is 11.2 Å². The lowest BCUT2D eigenvalue weighted by atomic mass is 9.75. The minimum atomic E-state index is -0.691. The molecule has 6 heteroatoms. The quantitative estimate of drug-likeness (QED) is 0.772. The minimum absolute atomic E-state index is 0.263. The molecule has 0 bridgehead atoms. The van der Waals surface area contributed by atoms with E-state index in [0.717, 1.165) is 5.56 Å². The number of carbonyl (C=O) groups excluding carboxylic acids is 1. The second-order valence-corrected chi connectivity index (χ2v) is 9.11. The van der Waals surface area contributed by atoms with Crippen LogP contribution in [0.5, 0.6) is 0 Å². The lowest BCUT2D eigenvalue weighted by Gasteiger charge is -2.32. The molecule has 29 heavy (non-hydrogen) atoms. The van der Waals surface area contributed by atoms with Crippen LogP contribution in [-0.4, -0.2) is 24.2 Å². The number of amides is 1. The highest BCUT2D eigenvalue weighted by Crippen LogP contribution is 2.40. The highest BCUT2D eigenvalue weighted by atomic mass is 19.1. The molecule has 152 valence electrons. The molecule has 2 aromatic carbocycles. The van der Waals surface area contributed by atoms with Crippen LogP contribution in [0.25, 0.3) is 0 Å². The Hall–Kier alpha value is -2.18. The van der Waals surface area contributed by atoms with Gasteiger partial charge in [0.25, 0.3) is 5.91 Å². The number of benzene rings is 2. The summed E-state index contributed by atoms with van der Waals surface area (Å²) in [4.78, 5) is 12.7. The van der Waals surface area contributed by atoms with Crippen molar-refractivity contribution >= 4 is 24.2 Å². The maximum absolute atomic E-state index is 14.4. The van der Waals surface area contributed by atoms with E-state index in [1.165, 1.54) is 30.5 Å². The highest BCUT2D eigenvalue weighted by Gasteiger charge is 2.52.